The fourth-order valence-corrected chi connectivity index (χ4v) is 1.24. The van der Waals surface area contributed by atoms with Gasteiger partial charge in [-0.25, -0.2) is 0 Å². The van der Waals surface area contributed by atoms with Crippen molar-refractivity contribution in [1.29, 1.82) is 0 Å². The number of hydrogen-bond donors (Lipinski definition) is 0. The highest BCUT2D eigenvalue weighted by atomic mass is 16.6. The Morgan fingerprint density at radius 1 is 1.60 bits per heavy atom. The molecule has 15 heavy (non-hydrogen) atoms. The smallest absolute Gasteiger partial charge is 0.358 e. The molecule has 0 fully saturated rings. The van der Waals surface area contributed by atoms with Crippen molar-refractivity contribution in [2.24, 2.45) is 0 Å². The van der Waals surface area contributed by atoms with E-state index in [1.165, 1.54) is 6.07 Å². The summed E-state index contributed by atoms with van der Waals surface area (Å²) in [6.07, 6.45) is 5.10. The number of unbranched alkanes of at least 4 members (excludes halogenated alkanes) is 1. The van der Waals surface area contributed by atoms with Crippen LogP contribution < -0.4 is 0 Å². The zero-order chi connectivity index (χ0) is 11.3. The zero-order valence-corrected chi connectivity index (χ0v) is 8.43. The Hall–Kier alpha value is -1.91. The van der Waals surface area contributed by atoms with Gasteiger partial charge in [-0.15, -0.1) is 6.58 Å². The third-order valence-electron chi connectivity index (χ3n) is 1.97. The SMILES string of the molecule is C=CCCCn1nc([N+](=O)[O-])cc1C=C. The third-order valence-corrected chi connectivity index (χ3v) is 1.97. The number of nitro groups is 1. The van der Waals surface area contributed by atoms with Crippen LogP contribution in [0.15, 0.2) is 25.3 Å². The summed E-state index contributed by atoms with van der Waals surface area (Å²) in [5.41, 5.74) is 0.672. The predicted molar refractivity (Wildman–Crippen MR) is 58.4 cm³/mol. The van der Waals surface area contributed by atoms with E-state index < -0.39 is 4.92 Å². The molecule has 1 heterocycles. The minimum atomic E-state index is -0.503. The van der Waals surface area contributed by atoms with Crippen LogP contribution in [0.25, 0.3) is 6.08 Å². The van der Waals surface area contributed by atoms with E-state index in [0.717, 1.165) is 12.8 Å². The molecule has 1 rings (SSSR count). The summed E-state index contributed by atoms with van der Waals surface area (Å²) in [6.45, 7) is 7.84. The maximum absolute atomic E-state index is 10.5. The van der Waals surface area contributed by atoms with E-state index in [2.05, 4.69) is 18.3 Å². The molecule has 0 N–H and O–H groups in total. The van der Waals surface area contributed by atoms with Crippen molar-refractivity contribution in [3.8, 4) is 0 Å². The monoisotopic (exact) mass is 207 g/mol. The lowest BCUT2D eigenvalue weighted by Crippen LogP contribution is -2.02. The van der Waals surface area contributed by atoms with Crippen LogP contribution in [0.1, 0.15) is 18.5 Å². The van der Waals surface area contributed by atoms with Gasteiger partial charge in [0.1, 0.15) is 0 Å². The molecule has 0 amide bonds. The first-order valence-electron chi connectivity index (χ1n) is 4.64. The molecule has 0 aliphatic heterocycles. The van der Waals surface area contributed by atoms with Crippen LogP contribution >= 0.6 is 0 Å². The van der Waals surface area contributed by atoms with Crippen molar-refractivity contribution >= 4 is 11.9 Å². The van der Waals surface area contributed by atoms with Crippen LogP contribution in [0.4, 0.5) is 5.82 Å². The Morgan fingerprint density at radius 2 is 2.33 bits per heavy atom. The quantitative estimate of drug-likeness (QED) is 0.311. The molecule has 5 nitrogen and oxygen atoms in total. The number of rotatable bonds is 6. The Balaban J connectivity index is 2.80. The van der Waals surface area contributed by atoms with E-state index in [4.69, 9.17) is 0 Å². The first-order valence-corrected chi connectivity index (χ1v) is 4.64. The highest BCUT2D eigenvalue weighted by molar-refractivity contribution is 5.45. The van der Waals surface area contributed by atoms with Crippen molar-refractivity contribution in [1.82, 2.24) is 9.78 Å². The maximum atomic E-state index is 10.5. The van der Waals surface area contributed by atoms with Gasteiger partial charge in [0.25, 0.3) is 0 Å². The van der Waals surface area contributed by atoms with Crippen LogP contribution in [0.2, 0.25) is 0 Å². The summed E-state index contributed by atoms with van der Waals surface area (Å²) >= 11 is 0. The molecular formula is C10H13N3O2. The first-order chi connectivity index (χ1) is 7.19. The van der Waals surface area contributed by atoms with E-state index in [1.807, 2.05) is 6.08 Å². The molecule has 0 saturated heterocycles. The molecule has 0 atom stereocenters. The average Bonchev–Trinajstić information content (AvgIpc) is 2.62. The number of allylic oxidation sites excluding steroid dienone is 1. The molecule has 1 aromatic rings. The number of nitrogens with zero attached hydrogens (tertiary/aromatic N) is 3. The van der Waals surface area contributed by atoms with Crippen molar-refractivity contribution < 1.29 is 4.92 Å². The third kappa shape index (κ3) is 2.77. The Labute approximate surface area is 87.9 Å². The normalized spacial score (nSPS) is 9.87. The lowest BCUT2D eigenvalue weighted by atomic mass is 10.3. The molecule has 0 unspecified atom stereocenters. The number of aryl methyl sites for hydroxylation is 1. The highest BCUT2D eigenvalue weighted by Gasteiger charge is 2.15. The van der Waals surface area contributed by atoms with Gasteiger partial charge >= 0.3 is 5.82 Å². The second-order valence-electron chi connectivity index (χ2n) is 3.04. The van der Waals surface area contributed by atoms with E-state index in [0.29, 0.717) is 12.2 Å². The standard InChI is InChI=1S/C10H13N3O2/c1-3-5-6-7-12-9(4-2)8-10(11-12)13(14)15/h3-4,8H,1-2,5-7H2. The van der Waals surface area contributed by atoms with Crippen LogP contribution in [-0.4, -0.2) is 14.7 Å². The van der Waals surface area contributed by atoms with Gasteiger partial charge < -0.3 is 10.1 Å². The average molecular weight is 207 g/mol. The maximum Gasteiger partial charge on any atom is 0.390 e. The lowest BCUT2D eigenvalue weighted by Gasteiger charge is -1.96. The highest BCUT2D eigenvalue weighted by Crippen LogP contribution is 2.13. The molecule has 0 saturated carbocycles. The van der Waals surface area contributed by atoms with E-state index in [9.17, 15) is 10.1 Å². The predicted octanol–water partition coefficient (Wildman–Crippen LogP) is 2.40. The second kappa shape index (κ2) is 5.09. The fraction of sp³-hybridized carbons (Fsp3) is 0.300. The fourth-order valence-electron chi connectivity index (χ4n) is 1.24. The van der Waals surface area contributed by atoms with Crippen molar-refractivity contribution in [2.75, 3.05) is 0 Å². The van der Waals surface area contributed by atoms with Crippen molar-refractivity contribution in [3.05, 3.63) is 41.1 Å². The Bertz CT molecular complexity index is 382. The van der Waals surface area contributed by atoms with Gasteiger partial charge in [0.15, 0.2) is 0 Å². The first kappa shape index (κ1) is 11.2. The summed E-state index contributed by atoms with van der Waals surface area (Å²) in [7, 11) is 0. The van der Waals surface area contributed by atoms with Crippen molar-refractivity contribution in [3.63, 3.8) is 0 Å². The molecule has 5 heteroatoms. The van der Waals surface area contributed by atoms with Crippen LogP contribution in [0, 0.1) is 10.1 Å². The van der Waals surface area contributed by atoms with Gasteiger partial charge in [-0.3, -0.25) is 0 Å². The molecule has 0 aliphatic rings. The molecule has 0 bridgehead atoms. The molecule has 1 aromatic heterocycles. The summed E-state index contributed by atoms with van der Waals surface area (Å²) < 4.78 is 1.59. The van der Waals surface area contributed by atoms with Crippen LogP contribution in [0.5, 0.6) is 0 Å². The van der Waals surface area contributed by atoms with Crippen LogP contribution in [-0.2, 0) is 6.54 Å². The molecule has 0 radical (unpaired) electrons. The van der Waals surface area contributed by atoms with Gasteiger partial charge in [-0.05, 0) is 23.8 Å². The minimum Gasteiger partial charge on any atom is -0.358 e. The minimum absolute atomic E-state index is 0.136. The number of hydrogen-bond acceptors (Lipinski definition) is 3. The second-order valence-corrected chi connectivity index (χ2v) is 3.04. The molecule has 0 aromatic carbocycles. The van der Waals surface area contributed by atoms with Gasteiger partial charge in [-0.1, -0.05) is 12.7 Å². The number of aromatic nitrogens is 2. The van der Waals surface area contributed by atoms with Crippen LogP contribution in [0.3, 0.4) is 0 Å². The largest absolute Gasteiger partial charge is 0.390 e. The topological polar surface area (TPSA) is 61.0 Å². The van der Waals surface area contributed by atoms with E-state index >= 15 is 0 Å². The lowest BCUT2D eigenvalue weighted by molar-refractivity contribution is -0.389. The summed E-state index contributed by atoms with van der Waals surface area (Å²) in [5, 5.41) is 14.4. The molecule has 0 spiro atoms. The van der Waals surface area contributed by atoms with Gasteiger partial charge in [0.2, 0.25) is 0 Å². The van der Waals surface area contributed by atoms with Crippen molar-refractivity contribution in [2.45, 2.75) is 19.4 Å². The summed E-state index contributed by atoms with van der Waals surface area (Å²) in [4.78, 5) is 9.99. The summed E-state index contributed by atoms with van der Waals surface area (Å²) in [6, 6.07) is 1.42. The van der Waals surface area contributed by atoms with Gasteiger partial charge in [-0.2, -0.15) is 4.68 Å². The Kier molecular flexibility index (Phi) is 3.79. The summed E-state index contributed by atoms with van der Waals surface area (Å²) in [5.74, 6) is -0.136. The molecule has 80 valence electrons. The molecule has 0 aliphatic carbocycles. The molecular weight excluding hydrogens is 194 g/mol. The van der Waals surface area contributed by atoms with E-state index in [1.54, 1.807) is 10.8 Å². The van der Waals surface area contributed by atoms with Gasteiger partial charge in [0, 0.05) is 0 Å². The zero-order valence-electron chi connectivity index (χ0n) is 8.43. The van der Waals surface area contributed by atoms with Gasteiger partial charge in [0.05, 0.1) is 23.4 Å². The van der Waals surface area contributed by atoms with E-state index in [-0.39, 0.29) is 5.82 Å². The Morgan fingerprint density at radius 3 is 2.87 bits per heavy atom.